The molecule has 0 heterocycles. The Bertz CT molecular complexity index is 1550. The van der Waals surface area contributed by atoms with Gasteiger partial charge in [0.25, 0.3) is 0 Å². The van der Waals surface area contributed by atoms with Gasteiger partial charge in [0, 0.05) is 23.7 Å². The van der Waals surface area contributed by atoms with E-state index in [1.807, 2.05) is 60.7 Å². The summed E-state index contributed by atoms with van der Waals surface area (Å²) < 4.78 is 12.4. The van der Waals surface area contributed by atoms with Crippen molar-refractivity contribution < 1.29 is 23.9 Å². The van der Waals surface area contributed by atoms with E-state index in [1.165, 1.54) is 0 Å². The topological polar surface area (TPSA) is 69.7 Å². The molecule has 0 amide bonds. The maximum Gasteiger partial charge on any atom is 0.338 e. The molecule has 7 rings (SSSR count). The second kappa shape index (κ2) is 10.5. The van der Waals surface area contributed by atoms with Gasteiger partial charge >= 0.3 is 11.9 Å². The summed E-state index contributed by atoms with van der Waals surface area (Å²) in [5, 5.41) is 0. The molecule has 3 aliphatic rings. The molecular formula is C36H30O5. The summed E-state index contributed by atoms with van der Waals surface area (Å²) in [7, 11) is 0. The van der Waals surface area contributed by atoms with Crippen LogP contribution in [0.15, 0.2) is 121 Å². The third kappa shape index (κ3) is 4.37. The van der Waals surface area contributed by atoms with E-state index in [0.717, 1.165) is 11.1 Å². The molecule has 0 saturated heterocycles. The summed E-state index contributed by atoms with van der Waals surface area (Å²) in [6.07, 6.45) is -0.669. The van der Waals surface area contributed by atoms with Crippen LogP contribution >= 0.6 is 0 Å². The van der Waals surface area contributed by atoms with Crippen molar-refractivity contribution in [2.75, 3.05) is 0 Å². The zero-order chi connectivity index (χ0) is 27.9. The molecule has 0 radical (unpaired) electrons. The molecule has 0 aliphatic heterocycles. The molecule has 8 unspecified atom stereocenters. The number of hydrogen-bond donors (Lipinski definition) is 0. The highest BCUT2D eigenvalue weighted by molar-refractivity contribution is 5.94. The molecule has 2 bridgehead atoms. The lowest BCUT2D eigenvalue weighted by Crippen LogP contribution is -2.47. The molecule has 0 N–H and O–H groups in total. The fourth-order valence-corrected chi connectivity index (χ4v) is 7.81. The minimum absolute atomic E-state index is 0.0274. The van der Waals surface area contributed by atoms with E-state index in [9.17, 15) is 14.4 Å². The van der Waals surface area contributed by atoms with E-state index in [2.05, 4.69) is 12.1 Å². The number of fused-ring (bicyclic) bond motifs is 5. The van der Waals surface area contributed by atoms with Gasteiger partial charge in [-0.15, -0.1) is 0 Å². The van der Waals surface area contributed by atoms with Crippen molar-refractivity contribution in [1.29, 1.82) is 0 Å². The second-order valence-corrected chi connectivity index (χ2v) is 11.4. The molecule has 0 aromatic heterocycles. The van der Waals surface area contributed by atoms with Crippen molar-refractivity contribution in [3.8, 4) is 0 Å². The van der Waals surface area contributed by atoms with E-state index in [0.29, 0.717) is 17.5 Å². The standard InChI is InChI=1S/C36H30O5/c37-32-29(23-15-7-2-8-16-23)28(22-13-5-1-6-14-22)30-26-21-27(31(30)32)34(41-36(39)25-19-11-4-12-20-25)33(26)40-35(38)24-17-9-3-10-18-24/h1-20,26-31,33-34H,21H2. The van der Waals surface area contributed by atoms with Crippen LogP contribution in [0.2, 0.25) is 0 Å². The molecule has 4 aromatic carbocycles. The molecule has 41 heavy (non-hydrogen) atoms. The van der Waals surface area contributed by atoms with Gasteiger partial charge in [0.05, 0.1) is 17.0 Å². The van der Waals surface area contributed by atoms with Crippen LogP contribution in [0.5, 0.6) is 0 Å². The SMILES string of the molecule is O=C(OC1C2CC(C1OC(=O)c1ccccc1)C1C2C(=O)C(c2ccccc2)C1c1ccccc1)c1ccccc1. The lowest BCUT2D eigenvalue weighted by Gasteiger charge is -2.38. The zero-order valence-corrected chi connectivity index (χ0v) is 22.4. The summed E-state index contributed by atoms with van der Waals surface area (Å²) in [5.41, 5.74) is 2.99. The Kier molecular flexibility index (Phi) is 6.50. The van der Waals surface area contributed by atoms with Gasteiger partial charge in [-0.1, -0.05) is 97.1 Å². The molecular weight excluding hydrogens is 512 g/mol. The minimum Gasteiger partial charge on any atom is -0.455 e. The predicted molar refractivity (Wildman–Crippen MR) is 153 cm³/mol. The largest absolute Gasteiger partial charge is 0.455 e. The summed E-state index contributed by atoms with van der Waals surface area (Å²) >= 11 is 0. The fraction of sp³-hybridized carbons (Fsp3) is 0.250. The molecule has 3 saturated carbocycles. The van der Waals surface area contributed by atoms with Crippen molar-refractivity contribution in [3.05, 3.63) is 144 Å². The Morgan fingerprint density at radius 3 is 1.49 bits per heavy atom. The van der Waals surface area contributed by atoms with Crippen molar-refractivity contribution in [1.82, 2.24) is 0 Å². The smallest absolute Gasteiger partial charge is 0.338 e. The third-order valence-electron chi connectivity index (χ3n) is 9.34. The van der Waals surface area contributed by atoms with Crippen LogP contribution < -0.4 is 0 Å². The Morgan fingerprint density at radius 2 is 0.976 bits per heavy atom. The molecule has 204 valence electrons. The number of carbonyl (C=O) groups is 3. The summed E-state index contributed by atoms with van der Waals surface area (Å²) in [5.74, 6) is -1.74. The van der Waals surface area contributed by atoms with E-state index in [4.69, 9.17) is 9.47 Å². The molecule has 5 nitrogen and oxygen atoms in total. The van der Waals surface area contributed by atoms with Crippen LogP contribution in [-0.4, -0.2) is 29.9 Å². The van der Waals surface area contributed by atoms with E-state index in [-0.39, 0.29) is 41.3 Å². The number of carbonyl (C=O) groups excluding carboxylic acids is 3. The van der Waals surface area contributed by atoms with Gasteiger partial charge in [-0.25, -0.2) is 9.59 Å². The molecule has 8 atom stereocenters. The fourth-order valence-electron chi connectivity index (χ4n) is 7.81. The lowest BCUT2D eigenvalue weighted by molar-refractivity contribution is -0.128. The third-order valence-corrected chi connectivity index (χ3v) is 9.34. The van der Waals surface area contributed by atoms with Gasteiger partial charge in [-0.05, 0) is 47.7 Å². The number of benzene rings is 4. The number of esters is 2. The number of rotatable bonds is 6. The number of ketones is 1. The van der Waals surface area contributed by atoms with Crippen molar-refractivity contribution in [2.45, 2.75) is 30.5 Å². The second-order valence-electron chi connectivity index (χ2n) is 11.4. The van der Waals surface area contributed by atoms with Gasteiger partial charge in [-0.2, -0.15) is 0 Å². The first-order valence-electron chi connectivity index (χ1n) is 14.3. The first-order valence-corrected chi connectivity index (χ1v) is 14.3. The summed E-state index contributed by atoms with van der Waals surface area (Å²) in [6.45, 7) is 0. The van der Waals surface area contributed by atoms with Gasteiger partial charge in [0.1, 0.15) is 18.0 Å². The Labute approximate surface area is 239 Å². The van der Waals surface area contributed by atoms with Crippen LogP contribution in [0, 0.1) is 23.7 Å². The molecule has 5 heteroatoms. The van der Waals surface area contributed by atoms with Crippen LogP contribution in [-0.2, 0) is 14.3 Å². The van der Waals surface area contributed by atoms with Crippen molar-refractivity contribution in [2.24, 2.45) is 23.7 Å². The Hall–Kier alpha value is -4.51. The quantitative estimate of drug-likeness (QED) is 0.261. The summed E-state index contributed by atoms with van der Waals surface area (Å²) in [6, 6.07) is 37.9. The number of Topliss-reactive ketones (excluding diaryl/α,β-unsaturated/α-hetero) is 1. The van der Waals surface area contributed by atoms with E-state index in [1.54, 1.807) is 48.5 Å². The van der Waals surface area contributed by atoms with Crippen LogP contribution in [0.3, 0.4) is 0 Å². The van der Waals surface area contributed by atoms with Gasteiger partial charge < -0.3 is 9.47 Å². The maximum atomic E-state index is 14.4. The highest BCUT2D eigenvalue weighted by Gasteiger charge is 2.69. The first kappa shape index (κ1) is 25.5. The van der Waals surface area contributed by atoms with E-state index < -0.39 is 24.1 Å². The molecule has 3 fully saturated rings. The van der Waals surface area contributed by atoms with Crippen LogP contribution in [0.25, 0.3) is 0 Å². The normalized spacial score (nSPS) is 29.6. The van der Waals surface area contributed by atoms with Crippen molar-refractivity contribution in [3.63, 3.8) is 0 Å². The Morgan fingerprint density at radius 1 is 0.537 bits per heavy atom. The highest BCUT2D eigenvalue weighted by Crippen LogP contribution is 2.66. The Balaban J connectivity index is 1.28. The van der Waals surface area contributed by atoms with Crippen LogP contribution in [0.1, 0.15) is 50.1 Å². The first-order chi connectivity index (χ1) is 20.1. The number of ether oxygens (including phenoxy) is 2. The van der Waals surface area contributed by atoms with Gasteiger partial charge in [0.2, 0.25) is 0 Å². The summed E-state index contributed by atoms with van der Waals surface area (Å²) in [4.78, 5) is 41.0. The highest BCUT2D eigenvalue weighted by atomic mass is 16.6. The van der Waals surface area contributed by atoms with Crippen LogP contribution in [0.4, 0.5) is 0 Å². The van der Waals surface area contributed by atoms with Gasteiger partial charge in [-0.3, -0.25) is 4.79 Å². The maximum absolute atomic E-state index is 14.4. The predicted octanol–water partition coefficient (Wildman–Crippen LogP) is 6.47. The molecule has 0 spiro atoms. The molecule has 3 aliphatic carbocycles. The lowest BCUT2D eigenvalue weighted by atomic mass is 9.72. The van der Waals surface area contributed by atoms with Crippen molar-refractivity contribution >= 4 is 17.7 Å². The molecule has 4 aromatic rings. The minimum atomic E-state index is -0.698. The zero-order valence-electron chi connectivity index (χ0n) is 22.4. The van der Waals surface area contributed by atoms with E-state index >= 15 is 0 Å². The average molecular weight is 543 g/mol. The van der Waals surface area contributed by atoms with Gasteiger partial charge in [0.15, 0.2) is 0 Å². The number of hydrogen-bond acceptors (Lipinski definition) is 5. The monoisotopic (exact) mass is 542 g/mol. The average Bonchev–Trinajstić information content (AvgIpc) is 3.67.